The van der Waals surface area contributed by atoms with Crippen LogP contribution in [0.3, 0.4) is 0 Å². The van der Waals surface area contributed by atoms with Gasteiger partial charge >= 0.3 is 0 Å². The highest BCUT2D eigenvalue weighted by Crippen LogP contribution is 2.38. The second-order valence-electron chi connectivity index (χ2n) is 9.48. The maximum Gasteiger partial charge on any atom is 0.236 e. The average molecular weight is 416 g/mol. The largest absolute Gasteiger partial charge is 0.354 e. The SMILES string of the molecule is CC(C)[C@@H]1CC[C@@H](C)C[C@H]1C(=O)NC[C@@H](NC(=O)[C@H](C)N)C1CCCCC1.Cl. The maximum absolute atomic E-state index is 13.0. The van der Waals surface area contributed by atoms with E-state index in [4.69, 9.17) is 5.73 Å². The molecular weight excluding hydrogens is 374 g/mol. The molecule has 164 valence electrons. The van der Waals surface area contributed by atoms with E-state index in [1.165, 1.54) is 25.7 Å². The van der Waals surface area contributed by atoms with Crippen LogP contribution in [-0.4, -0.2) is 30.4 Å². The number of carbonyl (C=O) groups excluding carboxylic acids is 2. The van der Waals surface area contributed by atoms with Crippen molar-refractivity contribution in [1.82, 2.24) is 10.6 Å². The van der Waals surface area contributed by atoms with Crippen LogP contribution >= 0.6 is 12.4 Å². The molecule has 2 rings (SSSR count). The number of nitrogens with one attached hydrogen (secondary N) is 2. The molecule has 28 heavy (non-hydrogen) atoms. The average Bonchev–Trinajstić information content (AvgIpc) is 2.64. The standard InChI is InChI=1S/C22H41N3O2.ClH/c1-14(2)18-11-10-15(3)12-19(18)22(27)24-13-20(25-21(26)16(4)23)17-8-6-5-7-9-17;/h14-20H,5-13,23H2,1-4H3,(H,24,27)(H,25,26);1H/t15-,16+,18+,19-,20-;/m1./s1. The van der Waals surface area contributed by atoms with Crippen LogP contribution in [0.4, 0.5) is 0 Å². The maximum atomic E-state index is 13.0. The summed E-state index contributed by atoms with van der Waals surface area (Å²) in [7, 11) is 0. The quantitative estimate of drug-likeness (QED) is 0.593. The van der Waals surface area contributed by atoms with Crippen molar-refractivity contribution < 1.29 is 9.59 Å². The number of rotatable bonds is 7. The summed E-state index contributed by atoms with van der Waals surface area (Å²) in [4.78, 5) is 25.2. The summed E-state index contributed by atoms with van der Waals surface area (Å²) in [6, 6.07) is -0.525. The fourth-order valence-corrected chi connectivity index (χ4v) is 5.03. The number of hydrogen-bond donors (Lipinski definition) is 3. The number of amides is 2. The normalized spacial score (nSPS) is 28.1. The highest BCUT2D eigenvalue weighted by atomic mass is 35.5. The molecule has 2 aliphatic carbocycles. The first-order chi connectivity index (χ1) is 12.8. The van der Waals surface area contributed by atoms with E-state index < -0.39 is 6.04 Å². The fraction of sp³-hybridized carbons (Fsp3) is 0.909. The van der Waals surface area contributed by atoms with Crippen molar-refractivity contribution in [2.75, 3.05) is 6.54 Å². The molecule has 2 amide bonds. The Morgan fingerprint density at radius 3 is 2.25 bits per heavy atom. The topological polar surface area (TPSA) is 84.2 Å². The van der Waals surface area contributed by atoms with Crippen molar-refractivity contribution in [3.8, 4) is 0 Å². The monoisotopic (exact) mass is 415 g/mol. The fourth-order valence-electron chi connectivity index (χ4n) is 5.03. The van der Waals surface area contributed by atoms with E-state index in [-0.39, 0.29) is 36.2 Å². The van der Waals surface area contributed by atoms with Crippen LogP contribution in [0.1, 0.15) is 79.1 Å². The molecule has 5 atom stereocenters. The predicted octanol–water partition coefficient (Wildman–Crippen LogP) is 3.65. The minimum atomic E-state index is -0.517. The Balaban J connectivity index is 0.00000392. The predicted molar refractivity (Wildman–Crippen MR) is 117 cm³/mol. The minimum absolute atomic E-state index is 0. The van der Waals surface area contributed by atoms with Crippen molar-refractivity contribution in [1.29, 1.82) is 0 Å². The summed E-state index contributed by atoms with van der Waals surface area (Å²) < 4.78 is 0. The molecule has 2 saturated carbocycles. The molecule has 0 spiro atoms. The molecule has 0 unspecified atom stereocenters. The summed E-state index contributed by atoms with van der Waals surface area (Å²) in [6.07, 6.45) is 9.27. The Morgan fingerprint density at radius 1 is 1.04 bits per heavy atom. The summed E-state index contributed by atoms with van der Waals surface area (Å²) >= 11 is 0. The van der Waals surface area contributed by atoms with Gasteiger partial charge in [0, 0.05) is 18.5 Å². The second kappa shape index (κ2) is 12.0. The summed E-state index contributed by atoms with van der Waals surface area (Å²) in [5, 5.41) is 6.31. The molecule has 4 N–H and O–H groups in total. The van der Waals surface area contributed by atoms with Gasteiger partial charge < -0.3 is 16.4 Å². The summed E-state index contributed by atoms with van der Waals surface area (Å²) in [5.74, 6) is 2.20. The molecule has 0 aromatic heterocycles. The van der Waals surface area contributed by atoms with Gasteiger partial charge in [-0.25, -0.2) is 0 Å². The lowest BCUT2D eigenvalue weighted by molar-refractivity contribution is -0.130. The van der Waals surface area contributed by atoms with Crippen molar-refractivity contribution in [3.63, 3.8) is 0 Å². The van der Waals surface area contributed by atoms with Crippen LogP contribution in [-0.2, 0) is 9.59 Å². The van der Waals surface area contributed by atoms with Gasteiger partial charge in [0.1, 0.15) is 0 Å². The van der Waals surface area contributed by atoms with E-state index in [1.807, 2.05) is 0 Å². The summed E-state index contributed by atoms with van der Waals surface area (Å²) in [6.45, 7) is 8.95. The van der Waals surface area contributed by atoms with E-state index in [0.29, 0.717) is 30.2 Å². The molecule has 0 heterocycles. The Kier molecular flexibility index (Phi) is 10.8. The van der Waals surface area contributed by atoms with Crippen LogP contribution in [0, 0.1) is 29.6 Å². The number of nitrogens with two attached hydrogens (primary N) is 1. The molecule has 0 bridgehead atoms. The zero-order valence-corrected chi connectivity index (χ0v) is 19.0. The van der Waals surface area contributed by atoms with E-state index in [0.717, 1.165) is 25.7 Å². The molecule has 0 aromatic rings. The van der Waals surface area contributed by atoms with Crippen LogP contribution in [0.25, 0.3) is 0 Å². The van der Waals surface area contributed by atoms with E-state index >= 15 is 0 Å². The van der Waals surface area contributed by atoms with E-state index in [2.05, 4.69) is 31.4 Å². The lowest BCUT2D eigenvalue weighted by Crippen LogP contribution is -2.53. The van der Waals surface area contributed by atoms with E-state index in [9.17, 15) is 9.59 Å². The molecule has 2 aliphatic rings. The molecule has 2 fully saturated rings. The molecular formula is C22H42ClN3O2. The molecule has 0 aromatic carbocycles. The van der Waals surface area contributed by atoms with Gasteiger partial charge in [-0.2, -0.15) is 0 Å². The van der Waals surface area contributed by atoms with Gasteiger partial charge in [0.05, 0.1) is 6.04 Å². The van der Waals surface area contributed by atoms with Crippen LogP contribution in [0.2, 0.25) is 0 Å². The third kappa shape index (κ3) is 7.22. The van der Waals surface area contributed by atoms with Crippen LogP contribution in [0.5, 0.6) is 0 Å². The van der Waals surface area contributed by atoms with Crippen molar-refractivity contribution in [2.45, 2.75) is 91.1 Å². The van der Waals surface area contributed by atoms with Gasteiger partial charge in [0.25, 0.3) is 0 Å². The van der Waals surface area contributed by atoms with Crippen LogP contribution < -0.4 is 16.4 Å². The third-order valence-corrected chi connectivity index (χ3v) is 6.82. The number of carbonyl (C=O) groups is 2. The first-order valence-corrected chi connectivity index (χ1v) is 11.1. The first kappa shape index (κ1) is 25.2. The highest BCUT2D eigenvalue weighted by Gasteiger charge is 2.36. The second-order valence-corrected chi connectivity index (χ2v) is 9.48. The molecule has 0 radical (unpaired) electrons. The minimum Gasteiger partial charge on any atom is -0.354 e. The number of hydrogen-bond acceptors (Lipinski definition) is 3. The van der Waals surface area contributed by atoms with Gasteiger partial charge in [-0.15, -0.1) is 12.4 Å². The van der Waals surface area contributed by atoms with Crippen molar-refractivity contribution in [3.05, 3.63) is 0 Å². The Morgan fingerprint density at radius 2 is 1.68 bits per heavy atom. The van der Waals surface area contributed by atoms with Gasteiger partial charge in [-0.05, 0) is 56.3 Å². The Hall–Kier alpha value is -0.810. The van der Waals surface area contributed by atoms with E-state index in [1.54, 1.807) is 6.92 Å². The zero-order valence-electron chi connectivity index (χ0n) is 18.2. The third-order valence-electron chi connectivity index (χ3n) is 6.82. The zero-order chi connectivity index (χ0) is 20.0. The van der Waals surface area contributed by atoms with Gasteiger partial charge in [0.2, 0.25) is 11.8 Å². The molecule has 0 saturated heterocycles. The highest BCUT2D eigenvalue weighted by molar-refractivity contribution is 5.85. The first-order valence-electron chi connectivity index (χ1n) is 11.1. The van der Waals surface area contributed by atoms with Crippen LogP contribution in [0.15, 0.2) is 0 Å². The Labute approximate surface area is 177 Å². The molecule has 6 heteroatoms. The van der Waals surface area contributed by atoms with Gasteiger partial charge in [-0.3, -0.25) is 9.59 Å². The van der Waals surface area contributed by atoms with Gasteiger partial charge in [-0.1, -0.05) is 46.5 Å². The molecule has 0 aliphatic heterocycles. The smallest absolute Gasteiger partial charge is 0.236 e. The lowest BCUT2D eigenvalue weighted by Gasteiger charge is -2.37. The lowest BCUT2D eigenvalue weighted by atomic mass is 9.69. The van der Waals surface area contributed by atoms with Crippen molar-refractivity contribution in [2.24, 2.45) is 35.3 Å². The number of halogens is 1. The Bertz CT molecular complexity index is 492. The van der Waals surface area contributed by atoms with Gasteiger partial charge in [0.15, 0.2) is 0 Å². The van der Waals surface area contributed by atoms with Crippen molar-refractivity contribution >= 4 is 24.2 Å². The summed E-state index contributed by atoms with van der Waals surface area (Å²) in [5.41, 5.74) is 5.75. The molecule has 5 nitrogen and oxygen atoms in total.